The lowest BCUT2D eigenvalue weighted by molar-refractivity contribution is -0.150. The number of amides is 1. The molecule has 1 saturated carbocycles. The third kappa shape index (κ3) is 4.43. The van der Waals surface area contributed by atoms with Crippen LogP contribution in [0.25, 0.3) is 0 Å². The molecule has 1 aliphatic rings. The van der Waals surface area contributed by atoms with E-state index in [-0.39, 0.29) is 29.2 Å². The number of aliphatic carboxylic acids is 1. The Morgan fingerprint density at radius 1 is 1.38 bits per heavy atom. The van der Waals surface area contributed by atoms with Crippen LogP contribution in [0.3, 0.4) is 0 Å². The summed E-state index contributed by atoms with van der Waals surface area (Å²) < 4.78 is 0. The van der Waals surface area contributed by atoms with Crippen molar-refractivity contribution >= 4 is 11.9 Å². The van der Waals surface area contributed by atoms with Crippen LogP contribution in [-0.4, -0.2) is 29.6 Å². The molecule has 1 aliphatic carbocycles. The van der Waals surface area contributed by atoms with E-state index in [0.29, 0.717) is 25.3 Å². The van der Waals surface area contributed by atoms with Crippen molar-refractivity contribution in [1.29, 1.82) is 0 Å². The first-order valence-corrected chi connectivity index (χ1v) is 7.92. The SMILES string of the molecule is CC(CN)CCC(=O)NC1CCC(C(=O)O)C(C)(C)C1C. The summed E-state index contributed by atoms with van der Waals surface area (Å²) in [7, 11) is 0. The standard InChI is InChI=1S/C16H30N2O3/c1-10(9-17)5-8-14(19)18-13-7-6-12(15(20)21)16(3,4)11(13)2/h10-13H,5-9,17H2,1-4H3,(H,18,19)(H,20,21). The van der Waals surface area contributed by atoms with Crippen molar-refractivity contribution in [3.05, 3.63) is 0 Å². The summed E-state index contributed by atoms with van der Waals surface area (Å²) >= 11 is 0. The Kier molecular flexibility index (Phi) is 6.20. The Morgan fingerprint density at radius 2 is 2.00 bits per heavy atom. The second-order valence-corrected chi connectivity index (χ2v) is 7.13. The van der Waals surface area contributed by atoms with Crippen molar-refractivity contribution in [2.24, 2.45) is 28.9 Å². The molecular weight excluding hydrogens is 268 g/mol. The Hall–Kier alpha value is -1.10. The zero-order chi connectivity index (χ0) is 16.2. The number of nitrogens with two attached hydrogens (primary N) is 1. The quantitative estimate of drug-likeness (QED) is 0.699. The molecule has 4 N–H and O–H groups in total. The van der Waals surface area contributed by atoms with E-state index in [1.165, 1.54) is 0 Å². The van der Waals surface area contributed by atoms with E-state index >= 15 is 0 Å². The lowest BCUT2D eigenvalue weighted by atomic mass is 9.61. The highest BCUT2D eigenvalue weighted by molar-refractivity contribution is 5.76. The predicted molar refractivity (Wildman–Crippen MR) is 82.7 cm³/mol. The molecular formula is C16H30N2O3. The molecule has 0 bridgehead atoms. The van der Waals surface area contributed by atoms with Crippen molar-refractivity contribution in [3.63, 3.8) is 0 Å². The van der Waals surface area contributed by atoms with E-state index in [1.807, 2.05) is 27.7 Å². The molecule has 122 valence electrons. The molecule has 21 heavy (non-hydrogen) atoms. The molecule has 0 saturated heterocycles. The van der Waals surface area contributed by atoms with Gasteiger partial charge in [-0.15, -0.1) is 0 Å². The maximum atomic E-state index is 12.0. The molecule has 1 fully saturated rings. The topological polar surface area (TPSA) is 92.4 Å². The smallest absolute Gasteiger partial charge is 0.307 e. The van der Waals surface area contributed by atoms with Crippen LogP contribution in [0.15, 0.2) is 0 Å². The second kappa shape index (κ2) is 7.25. The van der Waals surface area contributed by atoms with Gasteiger partial charge in [-0.3, -0.25) is 9.59 Å². The van der Waals surface area contributed by atoms with Crippen LogP contribution in [0.5, 0.6) is 0 Å². The summed E-state index contributed by atoms with van der Waals surface area (Å²) in [6, 6.07) is 0.0660. The lowest BCUT2D eigenvalue weighted by Crippen LogP contribution is -2.52. The van der Waals surface area contributed by atoms with Crippen molar-refractivity contribution in [2.45, 2.75) is 59.4 Å². The molecule has 5 heteroatoms. The van der Waals surface area contributed by atoms with Gasteiger partial charge in [-0.1, -0.05) is 27.7 Å². The zero-order valence-electron chi connectivity index (χ0n) is 13.7. The largest absolute Gasteiger partial charge is 0.481 e. The van der Waals surface area contributed by atoms with Gasteiger partial charge in [0.1, 0.15) is 0 Å². The Bertz CT molecular complexity index is 382. The minimum Gasteiger partial charge on any atom is -0.481 e. The van der Waals surface area contributed by atoms with Gasteiger partial charge in [0.25, 0.3) is 0 Å². The molecule has 4 unspecified atom stereocenters. The molecule has 1 amide bonds. The molecule has 0 radical (unpaired) electrons. The van der Waals surface area contributed by atoms with E-state index < -0.39 is 5.97 Å². The number of carbonyl (C=O) groups excluding carboxylic acids is 1. The molecule has 0 aromatic carbocycles. The van der Waals surface area contributed by atoms with Gasteiger partial charge in [0.15, 0.2) is 0 Å². The van der Waals surface area contributed by atoms with Gasteiger partial charge in [0, 0.05) is 12.5 Å². The van der Waals surface area contributed by atoms with Gasteiger partial charge < -0.3 is 16.2 Å². The monoisotopic (exact) mass is 298 g/mol. The number of hydrogen-bond donors (Lipinski definition) is 3. The zero-order valence-corrected chi connectivity index (χ0v) is 13.7. The van der Waals surface area contributed by atoms with Crippen LogP contribution < -0.4 is 11.1 Å². The second-order valence-electron chi connectivity index (χ2n) is 7.13. The van der Waals surface area contributed by atoms with Crippen LogP contribution in [0, 0.1) is 23.2 Å². The number of hydrogen-bond acceptors (Lipinski definition) is 3. The number of nitrogens with one attached hydrogen (secondary N) is 1. The van der Waals surface area contributed by atoms with Gasteiger partial charge in [-0.25, -0.2) is 0 Å². The maximum absolute atomic E-state index is 12.0. The van der Waals surface area contributed by atoms with E-state index in [9.17, 15) is 14.7 Å². The molecule has 0 aromatic rings. The molecule has 5 nitrogen and oxygen atoms in total. The van der Waals surface area contributed by atoms with Crippen LogP contribution in [0.1, 0.15) is 53.4 Å². The van der Waals surface area contributed by atoms with Crippen LogP contribution in [0.2, 0.25) is 0 Å². The minimum absolute atomic E-state index is 0.0525. The summed E-state index contributed by atoms with van der Waals surface area (Å²) in [5, 5.41) is 12.4. The summed E-state index contributed by atoms with van der Waals surface area (Å²) in [5.41, 5.74) is 5.24. The highest BCUT2D eigenvalue weighted by Gasteiger charge is 2.46. The van der Waals surface area contributed by atoms with Crippen molar-refractivity contribution < 1.29 is 14.7 Å². The van der Waals surface area contributed by atoms with Crippen LogP contribution >= 0.6 is 0 Å². The number of carbonyl (C=O) groups is 2. The highest BCUT2D eigenvalue weighted by atomic mass is 16.4. The fraction of sp³-hybridized carbons (Fsp3) is 0.875. The van der Waals surface area contributed by atoms with Crippen molar-refractivity contribution in [2.75, 3.05) is 6.54 Å². The van der Waals surface area contributed by atoms with Gasteiger partial charge in [-0.05, 0) is 43.1 Å². The number of carboxylic acids is 1. The minimum atomic E-state index is -0.728. The summed E-state index contributed by atoms with van der Waals surface area (Å²) in [5.74, 6) is -0.515. The summed E-state index contributed by atoms with van der Waals surface area (Å²) in [4.78, 5) is 23.4. The fourth-order valence-corrected chi connectivity index (χ4v) is 3.22. The Balaban J connectivity index is 2.58. The van der Waals surface area contributed by atoms with Crippen molar-refractivity contribution in [1.82, 2.24) is 5.32 Å². The predicted octanol–water partition coefficient (Wildman–Crippen LogP) is 2.00. The Labute approximate surface area is 127 Å². The van der Waals surface area contributed by atoms with E-state index in [4.69, 9.17) is 5.73 Å². The third-order valence-electron chi connectivity index (χ3n) is 5.35. The molecule has 1 rings (SSSR count). The molecule has 0 spiro atoms. The number of carboxylic acid groups (broad SMARTS) is 1. The number of rotatable bonds is 6. The fourth-order valence-electron chi connectivity index (χ4n) is 3.22. The molecule has 0 heterocycles. The normalized spacial score (nSPS) is 29.7. The maximum Gasteiger partial charge on any atom is 0.307 e. The van der Waals surface area contributed by atoms with Gasteiger partial charge in [0.05, 0.1) is 5.92 Å². The first-order chi connectivity index (χ1) is 9.70. The lowest BCUT2D eigenvalue weighted by Gasteiger charge is -2.46. The Morgan fingerprint density at radius 3 is 2.52 bits per heavy atom. The molecule has 4 atom stereocenters. The van der Waals surface area contributed by atoms with Crippen LogP contribution in [-0.2, 0) is 9.59 Å². The van der Waals surface area contributed by atoms with Crippen molar-refractivity contribution in [3.8, 4) is 0 Å². The molecule has 0 aliphatic heterocycles. The van der Waals surface area contributed by atoms with Crippen LogP contribution in [0.4, 0.5) is 0 Å². The van der Waals surface area contributed by atoms with E-state index in [2.05, 4.69) is 5.32 Å². The van der Waals surface area contributed by atoms with E-state index in [1.54, 1.807) is 0 Å². The average Bonchev–Trinajstić information content (AvgIpc) is 2.40. The third-order valence-corrected chi connectivity index (χ3v) is 5.35. The summed E-state index contributed by atoms with van der Waals surface area (Å²) in [6.07, 6.45) is 2.64. The highest BCUT2D eigenvalue weighted by Crippen LogP contribution is 2.45. The van der Waals surface area contributed by atoms with Gasteiger partial charge in [-0.2, -0.15) is 0 Å². The van der Waals surface area contributed by atoms with Gasteiger partial charge in [0.2, 0.25) is 5.91 Å². The molecule has 0 aromatic heterocycles. The average molecular weight is 298 g/mol. The first-order valence-electron chi connectivity index (χ1n) is 7.92. The summed E-state index contributed by atoms with van der Waals surface area (Å²) in [6.45, 7) is 8.66. The first kappa shape index (κ1) is 18.0. The van der Waals surface area contributed by atoms with E-state index in [0.717, 1.165) is 12.8 Å². The van der Waals surface area contributed by atoms with Gasteiger partial charge >= 0.3 is 5.97 Å².